The van der Waals surface area contributed by atoms with Crippen LogP contribution in [0.15, 0.2) is 30.3 Å². The second kappa shape index (κ2) is 9.20. The molecule has 2 rings (SSSR count). The number of nitrogens with one attached hydrogen (secondary N) is 2. The zero-order chi connectivity index (χ0) is 14.8. The summed E-state index contributed by atoms with van der Waals surface area (Å²) >= 11 is 0. The number of hydrogen-bond donors (Lipinski definition) is 2. The van der Waals surface area contributed by atoms with Crippen LogP contribution in [-0.2, 0) is 4.79 Å². The lowest BCUT2D eigenvalue weighted by Gasteiger charge is -2.15. The van der Waals surface area contributed by atoms with Gasteiger partial charge in [-0.25, -0.2) is 0 Å². The predicted octanol–water partition coefficient (Wildman–Crippen LogP) is 2.47. The average molecular weight is 284 g/mol. The van der Waals surface area contributed by atoms with Crippen LogP contribution in [0.25, 0.3) is 0 Å². The molecule has 1 amide bonds. The molecule has 0 aromatic heterocycles. The summed E-state index contributed by atoms with van der Waals surface area (Å²) in [7, 11) is 0. The number of rotatable bonds is 4. The van der Waals surface area contributed by atoms with Crippen LogP contribution in [0.5, 0.6) is 0 Å². The third kappa shape index (κ3) is 6.46. The Hall–Kier alpha value is -1.79. The second-order valence-corrected chi connectivity index (χ2v) is 5.51. The summed E-state index contributed by atoms with van der Waals surface area (Å²) < 4.78 is 0. The van der Waals surface area contributed by atoms with E-state index < -0.39 is 0 Å². The van der Waals surface area contributed by atoms with Crippen LogP contribution in [-0.4, -0.2) is 25.0 Å². The molecule has 3 heteroatoms. The van der Waals surface area contributed by atoms with Crippen LogP contribution < -0.4 is 10.6 Å². The SMILES string of the molecule is O=C(C#Cc1ccccc1)NCCNC1CCCCCC1. The number of benzene rings is 1. The predicted molar refractivity (Wildman–Crippen MR) is 85.8 cm³/mol. The van der Waals surface area contributed by atoms with Crippen molar-refractivity contribution >= 4 is 5.91 Å². The van der Waals surface area contributed by atoms with Crippen molar-refractivity contribution in [3.63, 3.8) is 0 Å². The molecule has 0 bridgehead atoms. The third-order valence-corrected chi connectivity index (χ3v) is 3.79. The molecule has 1 aromatic carbocycles. The van der Waals surface area contributed by atoms with Gasteiger partial charge in [0.2, 0.25) is 0 Å². The summed E-state index contributed by atoms with van der Waals surface area (Å²) in [4.78, 5) is 11.6. The van der Waals surface area contributed by atoms with Crippen molar-refractivity contribution in [3.05, 3.63) is 35.9 Å². The molecule has 2 N–H and O–H groups in total. The average Bonchev–Trinajstić information content (AvgIpc) is 2.79. The monoisotopic (exact) mass is 284 g/mol. The van der Waals surface area contributed by atoms with E-state index in [0.717, 1.165) is 12.1 Å². The summed E-state index contributed by atoms with van der Waals surface area (Å²) in [5, 5.41) is 6.36. The van der Waals surface area contributed by atoms with Crippen LogP contribution in [0.4, 0.5) is 0 Å². The Morgan fingerprint density at radius 1 is 1.05 bits per heavy atom. The highest BCUT2D eigenvalue weighted by molar-refractivity contribution is 5.94. The van der Waals surface area contributed by atoms with E-state index in [0.29, 0.717) is 12.6 Å². The topological polar surface area (TPSA) is 41.1 Å². The fourth-order valence-electron chi connectivity index (χ4n) is 2.63. The van der Waals surface area contributed by atoms with Crippen LogP contribution in [0.1, 0.15) is 44.1 Å². The highest BCUT2D eigenvalue weighted by atomic mass is 16.1. The minimum Gasteiger partial charge on any atom is -0.344 e. The Morgan fingerprint density at radius 3 is 2.48 bits per heavy atom. The van der Waals surface area contributed by atoms with Crippen molar-refractivity contribution < 1.29 is 4.79 Å². The van der Waals surface area contributed by atoms with E-state index in [9.17, 15) is 4.79 Å². The molecule has 1 saturated carbocycles. The van der Waals surface area contributed by atoms with Crippen molar-refractivity contribution in [2.75, 3.05) is 13.1 Å². The van der Waals surface area contributed by atoms with Crippen LogP contribution >= 0.6 is 0 Å². The third-order valence-electron chi connectivity index (χ3n) is 3.79. The first-order valence-electron chi connectivity index (χ1n) is 7.93. The van der Waals surface area contributed by atoms with Gasteiger partial charge < -0.3 is 10.6 Å². The number of carbonyl (C=O) groups excluding carboxylic acids is 1. The van der Waals surface area contributed by atoms with Gasteiger partial charge in [-0.05, 0) is 25.0 Å². The Labute approximate surface area is 127 Å². The van der Waals surface area contributed by atoms with Gasteiger partial charge in [0, 0.05) is 30.6 Å². The molecule has 0 aliphatic heterocycles. The van der Waals surface area contributed by atoms with E-state index in [1.165, 1.54) is 38.5 Å². The zero-order valence-electron chi connectivity index (χ0n) is 12.5. The minimum absolute atomic E-state index is 0.207. The van der Waals surface area contributed by atoms with Gasteiger partial charge in [-0.3, -0.25) is 4.79 Å². The second-order valence-electron chi connectivity index (χ2n) is 5.51. The molecule has 0 atom stereocenters. The molecule has 21 heavy (non-hydrogen) atoms. The molecule has 1 aliphatic carbocycles. The van der Waals surface area contributed by atoms with Gasteiger partial charge in [0.25, 0.3) is 5.91 Å². The van der Waals surface area contributed by atoms with Gasteiger partial charge in [-0.15, -0.1) is 0 Å². The minimum atomic E-state index is -0.207. The van der Waals surface area contributed by atoms with Crippen LogP contribution in [0.3, 0.4) is 0 Å². The first-order valence-corrected chi connectivity index (χ1v) is 7.93. The molecule has 1 aliphatic rings. The first kappa shape index (κ1) is 15.6. The van der Waals surface area contributed by atoms with Crippen LogP contribution in [0, 0.1) is 11.8 Å². The Bertz CT molecular complexity index is 479. The standard InChI is InChI=1S/C18H24N2O/c21-18(13-12-16-8-4-3-5-9-16)20-15-14-19-17-10-6-1-2-7-11-17/h3-5,8-9,17,19H,1-2,6-7,10-11,14-15H2,(H,20,21). The molecule has 1 aromatic rings. The number of carbonyl (C=O) groups is 1. The summed E-state index contributed by atoms with van der Waals surface area (Å²) in [5.74, 6) is 5.27. The summed E-state index contributed by atoms with van der Waals surface area (Å²) in [6, 6.07) is 10.2. The molecule has 0 spiro atoms. The lowest BCUT2D eigenvalue weighted by atomic mass is 10.1. The maximum absolute atomic E-state index is 11.6. The van der Waals surface area contributed by atoms with E-state index >= 15 is 0 Å². The molecule has 112 valence electrons. The fraction of sp³-hybridized carbons (Fsp3) is 0.500. The lowest BCUT2D eigenvalue weighted by molar-refractivity contribution is -0.115. The molecule has 3 nitrogen and oxygen atoms in total. The fourth-order valence-corrected chi connectivity index (χ4v) is 2.63. The van der Waals surface area contributed by atoms with Gasteiger partial charge in [0.05, 0.1) is 0 Å². The van der Waals surface area contributed by atoms with Crippen molar-refractivity contribution in [3.8, 4) is 11.8 Å². The van der Waals surface area contributed by atoms with Crippen molar-refractivity contribution in [1.29, 1.82) is 0 Å². The van der Waals surface area contributed by atoms with E-state index in [4.69, 9.17) is 0 Å². The summed E-state index contributed by atoms with van der Waals surface area (Å²) in [6.07, 6.45) is 7.91. The molecule has 0 radical (unpaired) electrons. The van der Waals surface area contributed by atoms with Crippen molar-refractivity contribution in [2.45, 2.75) is 44.6 Å². The van der Waals surface area contributed by atoms with Gasteiger partial charge in [0.15, 0.2) is 0 Å². The Morgan fingerprint density at radius 2 is 1.76 bits per heavy atom. The van der Waals surface area contributed by atoms with E-state index in [-0.39, 0.29) is 5.91 Å². The molecule has 1 fully saturated rings. The van der Waals surface area contributed by atoms with Crippen molar-refractivity contribution in [2.24, 2.45) is 0 Å². The molecule has 0 saturated heterocycles. The maximum Gasteiger partial charge on any atom is 0.296 e. The van der Waals surface area contributed by atoms with E-state index in [1.807, 2.05) is 30.3 Å². The molecule has 0 heterocycles. The smallest absolute Gasteiger partial charge is 0.296 e. The Kier molecular flexibility index (Phi) is 6.83. The largest absolute Gasteiger partial charge is 0.344 e. The van der Waals surface area contributed by atoms with Gasteiger partial charge in [-0.2, -0.15) is 0 Å². The van der Waals surface area contributed by atoms with Gasteiger partial charge in [0.1, 0.15) is 0 Å². The first-order chi connectivity index (χ1) is 10.3. The number of hydrogen-bond acceptors (Lipinski definition) is 2. The summed E-state index contributed by atoms with van der Waals surface area (Å²) in [6.45, 7) is 1.46. The quantitative estimate of drug-likeness (QED) is 0.506. The molecule has 0 unspecified atom stereocenters. The summed E-state index contributed by atoms with van der Waals surface area (Å²) in [5.41, 5.74) is 0.865. The highest BCUT2D eigenvalue weighted by Crippen LogP contribution is 2.16. The van der Waals surface area contributed by atoms with E-state index in [1.54, 1.807) is 0 Å². The lowest BCUT2D eigenvalue weighted by Crippen LogP contribution is -2.36. The highest BCUT2D eigenvalue weighted by Gasteiger charge is 2.10. The zero-order valence-corrected chi connectivity index (χ0v) is 12.5. The molecular weight excluding hydrogens is 260 g/mol. The van der Waals surface area contributed by atoms with Gasteiger partial charge >= 0.3 is 0 Å². The normalized spacial score (nSPS) is 15.6. The maximum atomic E-state index is 11.6. The van der Waals surface area contributed by atoms with Gasteiger partial charge in [-0.1, -0.05) is 49.8 Å². The van der Waals surface area contributed by atoms with Crippen LogP contribution in [0.2, 0.25) is 0 Å². The van der Waals surface area contributed by atoms with Crippen molar-refractivity contribution in [1.82, 2.24) is 10.6 Å². The van der Waals surface area contributed by atoms with E-state index in [2.05, 4.69) is 22.5 Å². The number of amides is 1. The Balaban J connectivity index is 1.62. The molecular formula is C18H24N2O.